The Hall–Kier alpha value is -2.87. The van der Waals surface area contributed by atoms with Gasteiger partial charge in [-0.25, -0.2) is 4.79 Å². The van der Waals surface area contributed by atoms with E-state index in [1.807, 2.05) is 19.1 Å². The first-order valence-corrected chi connectivity index (χ1v) is 6.03. The molecule has 100 valence electrons. The van der Waals surface area contributed by atoms with Gasteiger partial charge >= 0.3 is 5.97 Å². The molecule has 0 saturated heterocycles. The Labute approximate surface area is 116 Å². The zero-order valence-electron chi connectivity index (χ0n) is 10.9. The highest BCUT2D eigenvalue weighted by Crippen LogP contribution is 2.17. The molecular formula is C15H13N3O2. The fourth-order valence-electron chi connectivity index (χ4n) is 1.80. The van der Waals surface area contributed by atoms with E-state index < -0.39 is 5.97 Å². The van der Waals surface area contributed by atoms with Gasteiger partial charge in [0.1, 0.15) is 6.07 Å². The van der Waals surface area contributed by atoms with Gasteiger partial charge < -0.3 is 10.4 Å². The van der Waals surface area contributed by atoms with Gasteiger partial charge in [-0.1, -0.05) is 6.07 Å². The number of aryl methyl sites for hydroxylation is 1. The van der Waals surface area contributed by atoms with Gasteiger partial charge in [-0.15, -0.1) is 0 Å². The minimum absolute atomic E-state index is 0.196. The first kappa shape index (κ1) is 13.6. The van der Waals surface area contributed by atoms with E-state index in [4.69, 9.17) is 10.4 Å². The molecule has 0 radical (unpaired) electrons. The second-order valence-electron chi connectivity index (χ2n) is 4.36. The van der Waals surface area contributed by atoms with Crippen LogP contribution in [-0.2, 0) is 6.54 Å². The number of pyridine rings is 1. The van der Waals surface area contributed by atoms with Gasteiger partial charge in [0.25, 0.3) is 0 Å². The van der Waals surface area contributed by atoms with Crippen LogP contribution in [0.2, 0.25) is 0 Å². The molecule has 1 aromatic heterocycles. The van der Waals surface area contributed by atoms with Crippen LogP contribution in [0, 0.1) is 18.3 Å². The van der Waals surface area contributed by atoms with Crippen LogP contribution in [0.4, 0.5) is 5.69 Å². The highest BCUT2D eigenvalue weighted by molar-refractivity contribution is 5.87. The molecule has 2 rings (SSSR count). The average molecular weight is 267 g/mol. The van der Waals surface area contributed by atoms with E-state index in [0.717, 1.165) is 5.56 Å². The Morgan fingerprint density at radius 2 is 2.20 bits per heavy atom. The number of aromatic carboxylic acids is 1. The molecular weight excluding hydrogens is 254 g/mol. The molecule has 0 aliphatic heterocycles. The molecule has 20 heavy (non-hydrogen) atoms. The summed E-state index contributed by atoms with van der Waals surface area (Å²) in [5.74, 6) is -0.985. The maximum atomic E-state index is 10.9. The van der Waals surface area contributed by atoms with Crippen LogP contribution >= 0.6 is 0 Å². The third kappa shape index (κ3) is 3.12. The number of nitrogens with zero attached hydrogens (tertiary/aromatic N) is 2. The van der Waals surface area contributed by atoms with Gasteiger partial charge in [0.15, 0.2) is 0 Å². The number of nitriles is 1. The number of benzene rings is 1. The van der Waals surface area contributed by atoms with Crippen molar-refractivity contribution in [2.75, 3.05) is 5.32 Å². The Balaban J connectivity index is 2.15. The second kappa shape index (κ2) is 5.85. The number of aromatic nitrogens is 1. The van der Waals surface area contributed by atoms with Gasteiger partial charge in [0.05, 0.1) is 29.1 Å². The lowest BCUT2D eigenvalue weighted by Crippen LogP contribution is -2.05. The van der Waals surface area contributed by atoms with Crippen molar-refractivity contribution in [3.8, 4) is 6.07 Å². The molecule has 0 amide bonds. The van der Waals surface area contributed by atoms with Gasteiger partial charge in [0.2, 0.25) is 0 Å². The normalized spacial score (nSPS) is 9.80. The van der Waals surface area contributed by atoms with Gasteiger partial charge in [-0.2, -0.15) is 5.26 Å². The zero-order valence-corrected chi connectivity index (χ0v) is 10.9. The molecule has 0 fully saturated rings. The molecule has 5 heteroatoms. The molecule has 5 nitrogen and oxygen atoms in total. The summed E-state index contributed by atoms with van der Waals surface area (Å²) in [5, 5.41) is 21.1. The SMILES string of the molecule is Cc1ccc(NCc2cc(C(=O)O)ccn2)c(C#N)c1. The number of carbonyl (C=O) groups is 1. The second-order valence-corrected chi connectivity index (χ2v) is 4.36. The van der Waals surface area contributed by atoms with Crippen LogP contribution in [-0.4, -0.2) is 16.1 Å². The fourth-order valence-corrected chi connectivity index (χ4v) is 1.80. The largest absolute Gasteiger partial charge is 0.478 e. The number of carboxylic acids is 1. The summed E-state index contributed by atoms with van der Waals surface area (Å²) in [6.07, 6.45) is 1.46. The lowest BCUT2D eigenvalue weighted by molar-refractivity contribution is 0.0696. The van der Waals surface area contributed by atoms with Crippen LogP contribution in [0.5, 0.6) is 0 Å². The molecule has 1 aromatic carbocycles. The highest BCUT2D eigenvalue weighted by atomic mass is 16.4. The zero-order chi connectivity index (χ0) is 14.5. The lowest BCUT2D eigenvalue weighted by Gasteiger charge is -2.08. The number of anilines is 1. The van der Waals surface area contributed by atoms with Crippen molar-refractivity contribution in [3.05, 3.63) is 58.9 Å². The molecule has 2 N–H and O–H groups in total. The van der Waals surface area contributed by atoms with Crippen LogP contribution < -0.4 is 5.32 Å². The maximum absolute atomic E-state index is 10.9. The van der Waals surface area contributed by atoms with E-state index in [2.05, 4.69) is 16.4 Å². The number of nitrogens with one attached hydrogen (secondary N) is 1. The predicted molar refractivity (Wildman–Crippen MR) is 74.4 cm³/mol. The number of rotatable bonds is 4. The van der Waals surface area contributed by atoms with Crippen LogP contribution in [0.3, 0.4) is 0 Å². The van der Waals surface area contributed by atoms with E-state index in [0.29, 0.717) is 23.5 Å². The summed E-state index contributed by atoms with van der Waals surface area (Å²) in [7, 11) is 0. The van der Waals surface area contributed by atoms with Crippen molar-refractivity contribution in [2.24, 2.45) is 0 Å². The van der Waals surface area contributed by atoms with Gasteiger partial charge in [-0.05, 0) is 36.8 Å². The smallest absolute Gasteiger partial charge is 0.335 e. The molecule has 0 aliphatic carbocycles. The summed E-state index contributed by atoms with van der Waals surface area (Å²) in [5.41, 5.74) is 3.08. The number of carboxylic acid groups (broad SMARTS) is 1. The molecule has 0 spiro atoms. The molecule has 0 unspecified atom stereocenters. The molecule has 1 heterocycles. The van der Waals surface area contributed by atoms with E-state index in [1.165, 1.54) is 18.3 Å². The van der Waals surface area contributed by atoms with Crippen molar-refractivity contribution in [2.45, 2.75) is 13.5 Å². The fraction of sp³-hybridized carbons (Fsp3) is 0.133. The van der Waals surface area contributed by atoms with Gasteiger partial charge in [-0.3, -0.25) is 4.98 Å². The van der Waals surface area contributed by atoms with E-state index >= 15 is 0 Å². The molecule has 0 saturated carbocycles. The summed E-state index contributed by atoms with van der Waals surface area (Å²) in [6.45, 7) is 2.28. The quantitative estimate of drug-likeness (QED) is 0.889. The van der Waals surface area contributed by atoms with E-state index in [1.54, 1.807) is 6.07 Å². The Bertz CT molecular complexity index is 690. The van der Waals surface area contributed by atoms with Crippen LogP contribution in [0.15, 0.2) is 36.5 Å². The average Bonchev–Trinajstić information content (AvgIpc) is 2.46. The van der Waals surface area contributed by atoms with Crippen molar-refractivity contribution in [1.82, 2.24) is 4.98 Å². The van der Waals surface area contributed by atoms with Crippen molar-refractivity contribution >= 4 is 11.7 Å². The third-order valence-corrected chi connectivity index (χ3v) is 2.82. The lowest BCUT2D eigenvalue weighted by atomic mass is 10.1. The molecule has 2 aromatic rings. The Kier molecular flexibility index (Phi) is 3.96. The first-order valence-electron chi connectivity index (χ1n) is 6.03. The van der Waals surface area contributed by atoms with Crippen LogP contribution in [0.1, 0.15) is 27.2 Å². The number of hydrogen-bond donors (Lipinski definition) is 2. The first-order chi connectivity index (χ1) is 9.60. The minimum atomic E-state index is -0.985. The molecule has 0 bridgehead atoms. The minimum Gasteiger partial charge on any atom is -0.478 e. The summed E-state index contributed by atoms with van der Waals surface area (Å²) in [4.78, 5) is 15.0. The summed E-state index contributed by atoms with van der Waals surface area (Å²) in [6, 6.07) is 10.6. The molecule has 0 atom stereocenters. The third-order valence-electron chi connectivity index (χ3n) is 2.82. The summed E-state index contributed by atoms with van der Waals surface area (Å²) < 4.78 is 0. The topological polar surface area (TPSA) is 86.0 Å². The monoisotopic (exact) mass is 267 g/mol. The Morgan fingerprint density at radius 1 is 1.40 bits per heavy atom. The summed E-state index contributed by atoms with van der Waals surface area (Å²) >= 11 is 0. The van der Waals surface area contributed by atoms with Gasteiger partial charge in [0, 0.05) is 6.20 Å². The molecule has 0 aliphatic rings. The van der Waals surface area contributed by atoms with E-state index in [-0.39, 0.29) is 5.56 Å². The van der Waals surface area contributed by atoms with E-state index in [9.17, 15) is 4.79 Å². The standard InChI is InChI=1S/C15H13N3O2/c1-10-2-3-14(12(6-10)8-16)18-9-13-7-11(15(19)20)4-5-17-13/h2-7,18H,9H2,1H3,(H,19,20). The Morgan fingerprint density at radius 3 is 2.90 bits per heavy atom. The maximum Gasteiger partial charge on any atom is 0.335 e. The predicted octanol–water partition coefficient (Wildman–Crippen LogP) is 2.57. The van der Waals surface area contributed by atoms with Crippen LogP contribution in [0.25, 0.3) is 0 Å². The van der Waals surface area contributed by atoms with Crippen molar-refractivity contribution < 1.29 is 9.90 Å². The number of hydrogen-bond acceptors (Lipinski definition) is 4. The highest BCUT2D eigenvalue weighted by Gasteiger charge is 2.06. The van der Waals surface area contributed by atoms with Crippen molar-refractivity contribution in [3.63, 3.8) is 0 Å². The van der Waals surface area contributed by atoms with Crippen molar-refractivity contribution in [1.29, 1.82) is 5.26 Å².